The molecule has 0 radical (unpaired) electrons. The van der Waals surface area contributed by atoms with Crippen molar-refractivity contribution < 1.29 is 9.59 Å². The van der Waals surface area contributed by atoms with Crippen LogP contribution in [0.25, 0.3) is 16.8 Å². The number of carbonyl (C=O) groups excluding carboxylic acids is 2. The van der Waals surface area contributed by atoms with Crippen LogP contribution in [-0.4, -0.2) is 31.2 Å². The third kappa shape index (κ3) is 4.04. The van der Waals surface area contributed by atoms with E-state index in [1.54, 1.807) is 65.5 Å². The van der Waals surface area contributed by atoms with Crippen LogP contribution in [0.15, 0.2) is 73.7 Å². The van der Waals surface area contributed by atoms with Gasteiger partial charge < -0.3 is 16.4 Å². The number of nitrogens with one attached hydrogen (secondary N) is 2. The van der Waals surface area contributed by atoms with Crippen LogP contribution in [0, 0.1) is 0 Å². The van der Waals surface area contributed by atoms with Crippen LogP contribution < -0.4 is 16.4 Å². The van der Waals surface area contributed by atoms with Gasteiger partial charge in [-0.25, -0.2) is 15.0 Å². The van der Waals surface area contributed by atoms with Crippen LogP contribution in [-0.2, 0) is 4.79 Å². The number of pyridine rings is 1. The SMILES string of the molecule is C=CC(=O)NC(C)c1nc(-c2ccc(C(=O)Nc3ccccn3)cc2)c2c(N)nccn12. The molecule has 0 aliphatic heterocycles. The van der Waals surface area contributed by atoms with Crippen LogP contribution in [0.4, 0.5) is 11.6 Å². The van der Waals surface area contributed by atoms with Crippen molar-refractivity contribution >= 4 is 29.0 Å². The van der Waals surface area contributed by atoms with Gasteiger partial charge in [0.25, 0.3) is 5.91 Å². The maximum atomic E-state index is 12.5. The predicted octanol–water partition coefficient (Wildman–Crippen LogP) is 2.99. The molecule has 2 amide bonds. The number of imidazole rings is 1. The van der Waals surface area contributed by atoms with E-state index in [1.807, 2.05) is 6.92 Å². The van der Waals surface area contributed by atoms with Gasteiger partial charge in [0.05, 0.1) is 6.04 Å². The van der Waals surface area contributed by atoms with Crippen molar-refractivity contribution in [1.82, 2.24) is 24.7 Å². The molecule has 32 heavy (non-hydrogen) atoms. The summed E-state index contributed by atoms with van der Waals surface area (Å²) in [6.07, 6.45) is 6.13. The summed E-state index contributed by atoms with van der Waals surface area (Å²) >= 11 is 0. The molecule has 0 spiro atoms. The average Bonchev–Trinajstić information content (AvgIpc) is 3.21. The van der Waals surface area contributed by atoms with Gasteiger partial charge in [-0.3, -0.25) is 14.0 Å². The van der Waals surface area contributed by atoms with Crippen molar-refractivity contribution in [2.24, 2.45) is 0 Å². The topological polar surface area (TPSA) is 127 Å². The molecule has 1 atom stereocenters. The molecule has 0 aliphatic rings. The fraction of sp³-hybridized carbons (Fsp3) is 0.0870. The van der Waals surface area contributed by atoms with E-state index in [9.17, 15) is 9.59 Å². The molecule has 4 rings (SSSR count). The van der Waals surface area contributed by atoms with Crippen molar-refractivity contribution in [3.05, 3.63) is 85.1 Å². The number of hydrogen-bond donors (Lipinski definition) is 3. The number of nitrogens with two attached hydrogens (primary N) is 1. The van der Waals surface area contributed by atoms with Crippen molar-refractivity contribution in [2.75, 3.05) is 11.1 Å². The van der Waals surface area contributed by atoms with Crippen molar-refractivity contribution in [1.29, 1.82) is 0 Å². The molecule has 160 valence electrons. The highest BCUT2D eigenvalue weighted by Crippen LogP contribution is 2.30. The Labute approximate surface area is 184 Å². The number of nitrogens with zero attached hydrogens (tertiary/aromatic N) is 4. The Morgan fingerprint density at radius 2 is 1.91 bits per heavy atom. The summed E-state index contributed by atoms with van der Waals surface area (Å²) in [6.45, 7) is 5.30. The minimum absolute atomic E-state index is 0.271. The van der Waals surface area contributed by atoms with Crippen LogP contribution in [0.1, 0.15) is 29.1 Å². The van der Waals surface area contributed by atoms with Crippen molar-refractivity contribution in [3.63, 3.8) is 0 Å². The van der Waals surface area contributed by atoms with E-state index >= 15 is 0 Å². The average molecular weight is 427 g/mol. The van der Waals surface area contributed by atoms with E-state index in [1.165, 1.54) is 6.08 Å². The van der Waals surface area contributed by atoms with Gasteiger partial charge in [-0.05, 0) is 37.3 Å². The second-order valence-electron chi connectivity index (χ2n) is 7.03. The van der Waals surface area contributed by atoms with Gasteiger partial charge in [-0.1, -0.05) is 24.8 Å². The number of benzene rings is 1. The molecule has 3 heterocycles. The van der Waals surface area contributed by atoms with E-state index in [0.29, 0.717) is 34.2 Å². The van der Waals surface area contributed by atoms with Crippen LogP contribution in [0.5, 0.6) is 0 Å². The zero-order valence-corrected chi connectivity index (χ0v) is 17.3. The molecule has 0 saturated heterocycles. The Bertz CT molecular complexity index is 1300. The summed E-state index contributed by atoms with van der Waals surface area (Å²) in [6, 6.07) is 11.9. The van der Waals surface area contributed by atoms with Crippen molar-refractivity contribution in [3.8, 4) is 11.3 Å². The Balaban J connectivity index is 1.68. The molecule has 1 aromatic carbocycles. The number of nitrogen functional groups attached to an aromatic ring is 1. The lowest BCUT2D eigenvalue weighted by atomic mass is 10.1. The maximum absolute atomic E-state index is 12.5. The van der Waals surface area contributed by atoms with Crippen LogP contribution in [0.3, 0.4) is 0 Å². The Morgan fingerprint density at radius 1 is 1.12 bits per heavy atom. The van der Waals surface area contributed by atoms with E-state index < -0.39 is 6.04 Å². The van der Waals surface area contributed by atoms with Gasteiger partial charge in [0.2, 0.25) is 5.91 Å². The maximum Gasteiger partial charge on any atom is 0.256 e. The minimum atomic E-state index is -0.396. The Hall–Kier alpha value is -4.53. The first-order valence-electron chi connectivity index (χ1n) is 9.86. The zero-order chi connectivity index (χ0) is 22.7. The number of carbonyl (C=O) groups is 2. The van der Waals surface area contributed by atoms with Gasteiger partial charge in [0, 0.05) is 29.7 Å². The van der Waals surface area contributed by atoms with Gasteiger partial charge in [0.15, 0.2) is 0 Å². The number of hydrogen-bond acceptors (Lipinski definition) is 6. The smallest absolute Gasteiger partial charge is 0.256 e. The number of amides is 2. The van der Waals surface area contributed by atoms with E-state index in [-0.39, 0.29) is 11.8 Å². The highest BCUT2D eigenvalue weighted by molar-refractivity contribution is 6.04. The summed E-state index contributed by atoms with van der Waals surface area (Å²) in [5.41, 5.74) is 8.60. The number of anilines is 2. The Kier molecular flexibility index (Phi) is 5.63. The van der Waals surface area contributed by atoms with Gasteiger partial charge in [-0.15, -0.1) is 0 Å². The summed E-state index contributed by atoms with van der Waals surface area (Å²) < 4.78 is 1.80. The third-order valence-electron chi connectivity index (χ3n) is 4.87. The predicted molar refractivity (Wildman–Crippen MR) is 122 cm³/mol. The minimum Gasteiger partial charge on any atom is -0.382 e. The molecule has 3 aromatic heterocycles. The standard InChI is InChI=1S/C23H21N7O2/c1-3-18(31)27-14(2)22-29-19(20-21(24)26-12-13-30(20)22)15-7-9-16(10-8-15)23(32)28-17-6-4-5-11-25-17/h3-14H,1H2,2H3,(H2,24,26)(H,27,31)(H,25,28,32). The second-order valence-corrected chi connectivity index (χ2v) is 7.03. The lowest BCUT2D eigenvalue weighted by Gasteiger charge is -2.11. The number of rotatable bonds is 6. The first-order valence-corrected chi connectivity index (χ1v) is 9.86. The number of fused-ring (bicyclic) bond motifs is 1. The molecule has 0 saturated carbocycles. The molecule has 0 bridgehead atoms. The lowest BCUT2D eigenvalue weighted by molar-refractivity contribution is -0.117. The van der Waals surface area contributed by atoms with E-state index in [4.69, 9.17) is 10.7 Å². The molecular weight excluding hydrogens is 406 g/mol. The summed E-state index contributed by atoms with van der Waals surface area (Å²) in [7, 11) is 0. The van der Waals surface area contributed by atoms with Gasteiger partial charge in [-0.2, -0.15) is 0 Å². The van der Waals surface area contributed by atoms with Crippen LogP contribution >= 0.6 is 0 Å². The van der Waals surface area contributed by atoms with Gasteiger partial charge in [0.1, 0.15) is 28.7 Å². The van der Waals surface area contributed by atoms with E-state index in [0.717, 1.165) is 5.56 Å². The molecule has 9 heteroatoms. The lowest BCUT2D eigenvalue weighted by Crippen LogP contribution is -2.26. The summed E-state index contributed by atoms with van der Waals surface area (Å²) in [4.78, 5) is 37.3. The highest BCUT2D eigenvalue weighted by atomic mass is 16.2. The third-order valence-corrected chi connectivity index (χ3v) is 4.87. The molecule has 9 nitrogen and oxygen atoms in total. The Morgan fingerprint density at radius 3 is 2.59 bits per heavy atom. The quantitative estimate of drug-likeness (QED) is 0.406. The molecule has 1 unspecified atom stereocenters. The second kappa shape index (κ2) is 8.68. The first-order chi connectivity index (χ1) is 15.5. The summed E-state index contributed by atoms with van der Waals surface area (Å²) in [5, 5.41) is 5.56. The molecule has 0 fully saturated rings. The zero-order valence-electron chi connectivity index (χ0n) is 17.3. The molecule has 0 aliphatic carbocycles. The number of aromatic nitrogens is 4. The highest BCUT2D eigenvalue weighted by Gasteiger charge is 2.20. The van der Waals surface area contributed by atoms with Gasteiger partial charge >= 0.3 is 0 Å². The molecule has 4 N–H and O–H groups in total. The molecule has 4 aromatic rings. The largest absolute Gasteiger partial charge is 0.382 e. The normalized spacial score (nSPS) is 11.7. The summed E-state index contributed by atoms with van der Waals surface area (Å²) in [5.74, 6) is 0.797. The van der Waals surface area contributed by atoms with Crippen LogP contribution in [0.2, 0.25) is 0 Å². The van der Waals surface area contributed by atoms with E-state index in [2.05, 4.69) is 27.2 Å². The molecular formula is C23H21N7O2. The fourth-order valence-corrected chi connectivity index (χ4v) is 3.34. The monoisotopic (exact) mass is 427 g/mol. The first kappa shape index (κ1) is 20.7. The van der Waals surface area contributed by atoms with Crippen molar-refractivity contribution in [2.45, 2.75) is 13.0 Å². The fourth-order valence-electron chi connectivity index (χ4n) is 3.34.